The van der Waals surface area contributed by atoms with E-state index in [4.69, 9.17) is 5.73 Å². The second-order valence-corrected chi connectivity index (χ2v) is 4.03. The summed E-state index contributed by atoms with van der Waals surface area (Å²) in [4.78, 5) is 12.1. The first-order valence-corrected chi connectivity index (χ1v) is 4.82. The van der Waals surface area contributed by atoms with Crippen molar-refractivity contribution in [2.45, 2.75) is 25.0 Å². The van der Waals surface area contributed by atoms with Crippen LogP contribution in [0.2, 0.25) is 0 Å². The molecule has 1 saturated carbocycles. The van der Waals surface area contributed by atoms with Gasteiger partial charge in [-0.25, -0.2) is 15.0 Å². The molecule has 0 bridgehead atoms. The van der Waals surface area contributed by atoms with Gasteiger partial charge in [0.25, 0.3) is 0 Å². The van der Waals surface area contributed by atoms with Crippen LogP contribution in [-0.2, 0) is 6.54 Å². The van der Waals surface area contributed by atoms with Gasteiger partial charge in [-0.05, 0) is 12.8 Å². The Kier molecular flexibility index (Phi) is 1.53. The van der Waals surface area contributed by atoms with Crippen molar-refractivity contribution >= 4 is 17.0 Å². The molecule has 0 radical (unpaired) electrons. The summed E-state index contributed by atoms with van der Waals surface area (Å²) in [7, 11) is 0. The van der Waals surface area contributed by atoms with Crippen molar-refractivity contribution in [2.75, 3.05) is 5.73 Å². The summed E-state index contributed by atoms with van der Waals surface area (Å²) in [6, 6.07) is 0. The van der Waals surface area contributed by atoms with E-state index in [1.807, 2.05) is 4.57 Å². The number of fused-ring (bicyclic) bond motifs is 1. The summed E-state index contributed by atoms with van der Waals surface area (Å²) in [6.07, 6.45) is 4.74. The number of nitrogens with two attached hydrogens (primary N) is 1. The highest BCUT2D eigenvalue weighted by atomic mass is 16.3. The van der Waals surface area contributed by atoms with Gasteiger partial charge in [0.05, 0.1) is 18.5 Å². The molecular formula is C9H11N5O. The lowest BCUT2D eigenvalue weighted by Gasteiger charge is -2.08. The number of hydrogen-bond acceptors (Lipinski definition) is 5. The summed E-state index contributed by atoms with van der Waals surface area (Å²) < 4.78 is 1.82. The molecule has 15 heavy (non-hydrogen) atoms. The third kappa shape index (κ3) is 1.33. The van der Waals surface area contributed by atoms with Crippen LogP contribution < -0.4 is 5.73 Å². The molecule has 1 aliphatic rings. The number of rotatable bonds is 2. The summed E-state index contributed by atoms with van der Waals surface area (Å²) >= 11 is 0. The molecule has 0 unspecified atom stereocenters. The van der Waals surface area contributed by atoms with Gasteiger partial charge >= 0.3 is 0 Å². The Bertz CT molecular complexity index is 516. The van der Waals surface area contributed by atoms with Crippen LogP contribution in [0.3, 0.4) is 0 Å². The van der Waals surface area contributed by atoms with E-state index >= 15 is 0 Å². The quantitative estimate of drug-likeness (QED) is 0.716. The molecule has 78 valence electrons. The molecule has 2 aromatic rings. The van der Waals surface area contributed by atoms with Gasteiger partial charge in [0, 0.05) is 0 Å². The third-order valence-corrected chi connectivity index (χ3v) is 2.72. The molecule has 2 aromatic heterocycles. The Morgan fingerprint density at radius 3 is 2.93 bits per heavy atom. The number of aliphatic hydroxyl groups is 1. The maximum Gasteiger partial charge on any atom is 0.165 e. The molecule has 0 saturated heterocycles. The molecule has 3 N–H and O–H groups in total. The minimum Gasteiger partial charge on any atom is -0.388 e. The lowest BCUT2D eigenvalue weighted by molar-refractivity contribution is 0.130. The minimum absolute atomic E-state index is 0.376. The Morgan fingerprint density at radius 1 is 1.40 bits per heavy atom. The van der Waals surface area contributed by atoms with E-state index in [0.29, 0.717) is 23.5 Å². The fourth-order valence-electron chi connectivity index (χ4n) is 1.63. The van der Waals surface area contributed by atoms with Crippen molar-refractivity contribution < 1.29 is 5.11 Å². The van der Waals surface area contributed by atoms with Crippen LogP contribution in [-0.4, -0.2) is 30.2 Å². The normalized spacial score (nSPS) is 18.2. The van der Waals surface area contributed by atoms with Crippen LogP contribution in [0.15, 0.2) is 12.7 Å². The second kappa shape index (κ2) is 2.66. The Morgan fingerprint density at radius 2 is 2.20 bits per heavy atom. The van der Waals surface area contributed by atoms with E-state index in [0.717, 1.165) is 12.8 Å². The summed E-state index contributed by atoms with van der Waals surface area (Å²) in [6.45, 7) is 0.528. The molecule has 0 atom stereocenters. The molecule has 6 heteroatoms. The number of hydrogen-bond donors (Lipinski definition) is 2. The average Bonchev–Trinajstić information content (AvgIpc) is 2.78. The molecule has 0 spiro atoms. The number of nitrogen functional groups attached to an aromatic ring is 1. The predicted octanol–water partition coefficient (Wildman–Crippen LogP) is -0.0666. The third-order valence-electron chi connectivity index (χ3n) is 2.72. The van der Waals surface area contributed by atoms with Crippen LogP contribution in [0.25, 0.3) is 11.2 Å². The lowest BCUT2D eigenvalue weighted by Crippen LogP contribution is -2.16. The first-order chi connectivity index (χ1) is 7.18. The second-order valence-electron chi connectivity index (χ2n) is 4.03. The number of imidazole rings is 1. The highest BCUT2D eigenvalue weighted by Crippen LogP contribution is 2.37. The first-order valence-electron chi connectivity index (χ1n) is 4.82. The first kappa shape index (κ1) is 8.60. The number of anilines is 1. The van der Waals surface area contributed by atoms with Crippen molar-refractivity contribution in [3.63, 3.8) is 0 Å². The van der Waals surface area contributed by atoms with Gasteiger partial charge in [-0.2, -0.15) is 0 Å². The highest BCUT2D eigenvalue weighted by molar-refractivity contribution is 5.81. The Labute approximate surface area is 85.8 Å². The van der Waals surface area contributed by atoms with E-state index < -0.39 is 5.60 Å². The van der Waals surface area contributed by atoms with Crippen molar-refractivity contribution in [3.8, 4) is 0 Å². The fraction of sp³-hybridized carbons (Fsp3) is 0.444. The molecule has 2 heterocycles. The fourth-order valence-corrected chi connectivity index (χ4v) is 1.63. The Balaban J connectivity index is 2.08. The van der Waals surface area contributed by atoms with Crippen LogP contribution in [0.5, 0.6) is 0 Å². The SMILES string of the molecule is Nc1ncnc2c1ncn2CC1(O)CC1. The van der Waals surface area contributed by atoms with Crippen LogP contribution in [0, 0.1) is 0 Å². The van der Waals surface area contributed by atoms with Gasteiger partial charge < -0.3 is 15.4 Å². The van der Waals surface area contributed by atoms with E-state index in [1.54, 1.807) is 6.33 Å². The van der Waals surface area contributed by atoms with Crippen molar-refractivity contribution in [1.29, 1.82) is 0 Å². The van der Waals surface area contributed by atoms with E-state index in [1.165, 1.54) is 6.33 Å². The van der Waals surface area contributed by atoms with Gasteiger partial charge in [-0.1, -0.05) is 0 Å². The summed E-state index contributed by atoms with van der Waals surface area (Å²) in [5, 5.41) is 9.81. The van der Waals surface area contributed by atoms with Crippen molar-refractivity contribution in [1.82, 2.24) is 19.5 Å². The number of aromatic nitrogens is 4. The van der Waals surface area contributed by atoms with E-state index in [2.05, 4.69) is 15.0 Å². The van der Waals surface area contributed by atoms with Gasteiger partial charge in [0.1, 0.15) is 11.8 Å². The molecule has 0 aliphatic heterocycles. The summed E-state index contributed by atoms with van der Waals surface area (Å²) in [5.41, 5.74) is 6.38. The van der Waals surface area contributed by atoms with Crippen molar-refractivity contribution in [2.24, 2.45) is 0 Å². The summed E-state index contributed by atoms with van der Waals surface area (Å²) in [5.74, 6) is 0.376. The maximum absolute atomic E-state index is 9.81. The van der Waals surface area contributed by atoms with Crippen molar-refractivity contribution in [3.05, 3.63) is 12.7 Å². The van der Waals surface area contributed by atoms with Crippen LogP contribution in [0.4, 0.5) is 5.82 Å². The zero-order valence-corrected chi connectivity index (χ0v) is 8.09. The average molecular weight is 205 g/mol. The molecule has 0 aromatic carbocycles. The van der Waals surface area contributed by atoms with Gasteiger partial charge in [0.2, 0.25) is 0 Å². The van der Waals surface area contributed by atoms with Gasteiger partial charge in [0.15, 0.2) is 11.5 Å². The standard InChI is InChI=1S/C9H11N5O/c10-7-6-8(12-4-11-7)14(5-13-6)3-9(15)1-2-9/h4-5,15H,1-3H2,(H2,10,11,12). The van der Waals surface area contributed by atoms with Gasteiger partial charge in [-0.15, -0.1) is 0 Å². The molecule has 1 fully saturated rings. The molecular weight excluding hydrogens is 194 g/mol. The molecule has 1 aliphatic carbocycles. The topological polar surface area (TPSA) is 89.9 Å². The zero-order valence-electron chi connectivity index (χ0n) is 8.09. The van der Waals surface area contributed by atoms with E-state index in [-0.39, 0.29) is 0 Å². The van der Waals surface area contributed by atoms with E-state index in [9.17, 15) is 5.11 Å². The van der Waals surface area contributed by atoms with Gasteiger partial charge in [-0.3, -0.25) is 0 Å². The highest BCUT2D eigenvalue weighted by Gasteiger charge is 2.40. The molecule has 3 rings (SSSR count). The van der Waals surface area contributed by atoms with Crippen LogP contribution in [0.1, 0.15) is 12.8 Å². The predicted molar refractivity (Wildman–Crippen MR) is 53.9 cm³/mol. The van der Waals surface area contributed by atoms with Crippen LogP contribution >= 0.6 is 0 Å². The zero-order chi connectivity index (χ0) is 10.5. The monoisotopic (exact) mass is 205 g/mol. The largest absolute Gasteiger partial charge is 0.388 e. The molecule has 0 amide bonds. The Hall–Kier alpha value is -1.69. The molecule has 6 nitrogen and oxygen atoms in total. The number of nitrogens with zero attached hydrogens (tertiary/aromatic N) is 4. The smallest absolute Gasteiger partial charge is 0.165 e. The maximum atomic E-state index is 9.81. The lowest BCUT2D eigenvalue weighted by atomic mass is 10.3. The minimum atomic E-state index is -0.562.